The number of nitrogens with two attached hydrogens (primary N) is 1. The van der Waals surface area contributed by atoms with E-state index >= 15 is 0 Å². The third-order valence-electron chi connectivity index (χ3n) is 2.22. The van der Waals surface area contributed by atoms with E-state index < -0.39 is 25.2 Å². The highest BCUT2D eigenvalue weighted by atomic mass is 19.4. The highest BCUT2D eigenvalue weighted by Crippen LogP contribution is 2.19. The Labute approximate surface area is 103 Å². The van der Waals surface area contributed by atoms with Crippen molar-refractivity contribution in [1.82, 2.24) is 0 Å². The maximum atomic E-state index is 11.8. The summed E-state index contributed by atoms with van der Waals surface area (Å²) in [6.45, 7) is -0.626. The molecule has 6 heteroatoms. The van der Waals surface area contributed by atoms with E-state index in [-0.39, 0.29) is 6.42 Å². The summed E-state index contributed by atoms with van der Waals surface area (Å²) in [4.78, 5) is 11.2. The molecule has 0 amide bonds. The summed E-state index contributed by atoms with van der Waals surface area (Å²) in [5.74, 6) is -0.637. The van der Waals surface area contributed by atoms with Crippen LogP contribution in [0.2, 0.25) is 0 Å². The van der Waals surface area contributed by atoms with Crippen molar-refractivity contribution >= 4 is 11.7 Å². The fraction of sp³-hybridized carbons (Fsp3) is 0.417. The molecule has 0 saturated carbocycles. The maximum Gasteiger partial charge on any atom is 0.392 e. The minimum atomic E-state index is -4.30. The normalized spacial score (nSPS) is 11.3. The summed E-state index contributed by atoms with van der Waals surface area (Å²) >= 11 is 0. The first-order valence-corrected chi connectivity index (χ1v) is 5.43. The lowest BCUT2D eigenvalue weighted by atomic mass is 10.1. The quantitative estimate of drug-likeness (QED) is 0.655. The highest BCUT2D eigenvalue weighted by Gasteiger charge is 2.27. The number of aryl methyl sites for hydroxylation is 1. The van der Waals surface area contributed by atoms with Gasteiger partial charge in [0.15, 0.2) is 0 Å². The van der Waals surface area contributed by atoms with Crippen molar-refractivity contribution in [2.75, 3.05) is 12.3 Å². The van der Waals surface area contributed by atoms with Gasteiger partial charge in [-0.05, 0) is 24.1 Å². The molecule has 0 radical (unpaired) electrons. The van der Waals surface area contributed by atoms with Gasteiger partial charge in [-0.2, -0.15) is 13.2 Å². The van der Waals surface area contributed by atoms with Crippen LogP contribution in [0.15, 0.2) is 24.3 Å². The van der Waals surface area contributed by atoms with Crippen molar-refractivity contribution in [1.29, 1.82) is 0 Å². The van der Waals surface area contributed by atoms with Gasteiger partial charge in [-0.3, -0.25) is 4.79 Å². The molecule has 0 fully saturated rings. The van der Waals surface area contributed by atoms with E-state index in [1.807, 2.05) is 0 Å². The summed E-state index contributed by atoms with van der Waals surface area (Å²) in [5, 5.41) is 0. The summed E-state index contributed by atoms with van der Waals surface area (Å²) in [5.41, 5.74) is 6.98. The first-order chi connectivity index (χ1) is 8.37. The van der Waals surface area contributed by atoms with Crippen LogP contribution in [0.4, 0.5) is 18.9 Å². The van der Waals surface area contributed by atoms with Crippen LogP contribution in [0, 0.1) is 0 Å². The van der Waals surface area contributed by atoms with E-state index in [1.165, 1.54) is 0 Å². The van der Waals surface area contributed by atoms with Crippen LogP contribution in [0.25, 0.3) is 0 Å². The molecule has 1 aromatic rings. The summed E-state index contributed by atoms with van der Waals surface area (Å²) < 4.78 is 39.9. The van der Waals surface area contributed by atoms with Crippen molar-refractivity contribution in [3.8, 4) is 0 Å². The number of alkyl halides is 3. The number of anilines is 1. The summed E-state index contributed by atoms with van der Waals surface area (Å²) in [7, 11) is 0. The molecular formula is C12H14F3NO2. The Bertz CT molecular complexity index is 405. The van der Waals surface area contributed by atoms with Gasteiger partial charge in [0.25, 0.3) is 0 Å². The second-order valence-corrected chi connectivity index (χ2v) is 3.83. The molecule has 0 atom stereocenters. The van der Waals surface area contributed by atoms with E-state index in [2.05, 4.69) is 4.74 Å². The maximum absolute atomic E-state index is 11.8. The van der Waals surface area contributed by atoms with Crippen LogP contribution in [0.5, 0.6) is 0 Å². The van der Waals surface area contributed by atoms with Gasteiger partial charge in [0.2, 0.25) is 0 Å². The van der Waals surface area contributed by atoms with Gasteiger partial charge in [0.05, 0.1) is 13.0 Å². The molecule has 0 spiro atoms. The van der Waals surface area contributed by atoms with Gasteiger partial charge in [0, 0.05) is 12.1 Å². The fourth-order valence-corrected chi connectivity index (χ4v) is 1.35. The third kappa shape index (κ3) is 6.12. The standard InChI is InChI=1S/C12H14F3NO2/c13-12(14,15)6-7-18-11(17)5-4-9-2-1-3-10(16)8-9/h1-3,8H,4-7,16H2. The van der Waals surface area contributed by atoms with Crippen LogP contribution in [-0.4, -0.2) is 18.8 Å². The number of hydrogen-bond acceptors (Lipinski definition) is 3. The minimum absolute atomic E-state index is 0.0430. The summed E-state index contributed by atoms with van der Waals surface area (Å²) in [6.07, 6.45) is -4.97. The number of ether oxygens (including phenoxy) is 1. The zero-order valence-electron chi connectivity index (χ0n) is 9.67. The number of halogens is 3. The number of carbonyl (C=O) groups excluding carboxylic acids is 1. The number of hydrogen-bond donors (Lipinski definition) is 1. The van der Waals surface area contributed by atoms with Crippen molar-refractivity contribution in [2.45, 2.75) is 25.4 Å². The molecule has 0 bridgehead atoms. The number of esters is 1. The molecule has 0 heterocycles. The Kier molecular flexibility index (Phi) is 5.00. The summed E-state index contributed by atoms with van der Waals surface area (Å²) in [6, 6.07) is 6.97. The lowest BCUT2D eigenvalue weighted by molar-refractivity contribution is -0.158. The predicted octanol–water partition coefficient (Wildman–Crippen LogP) is 2.70. The number of rotatable bonds is 5. The van der Waals surface area contributed by atoms with Crippen LogP contribution < -0.4 is 5.73 Å². The number of nitrogen functional groups attached to an aromatic ring is 1. The Morgan fingerprint density at radius 2 is 2.06 bits per heavy atom. The van der Waals surface area contributed by atoms with Crippen LogP contribution >= 0.6 is 0 Å². The zero-order chi connectivity index (χ0) is 13.6. The fourth-order valence-electron chi connectivity index (χ4n) is 1.35. The smallest absolute Gasteiger partial charge is 0.392 e. The molecule has 1 aromatic carbocycles. The molecule has 100 valence electrons. The molecule has 0 aliphatic rings. The van der Waals surface area contributed by atoms with Crippen molar-refractivity contribution in [2.24, 2.45) is 0 Å². The van der Waals surface area contributed by atoms with Gasteiger partial charge >= 0.3 is 12.1 Å². The molecule has 18 heavy (non-hydrogen) atoms. The lowest BCUT2D eigenvalue weighted by Crippen LogP contribution is -2.14. The van der Waals surface area contributed by atoms with Crippen LogP contribution in [0.3, 0.4) is 0 Å². The zero-order valence-corrected chi connectivity index (χ0v) is 9.67. The Balaban J connectivity index is 2.25. The van der Waals surface area contributed by atoms with Gasteiger partial charge in [0.1, 0.15) is 0 Å². The molecule has 1 rings (SSSR count). The molecule has 0 aliphatic heterocycles. The molecule has 0 unspecified atom stereocenters. The molecular weight excluding hydrogens is 247 g/mol. The molecule has 0 aliphatic carbocycles. The van der Waals surface area contributed by atoms with Gasteiger partial charge in [-0.1, -0.05) is 12.1 Å². The average Bonchev–Trinajstić information content (AvgIpc) is 2.25. The SMILES string of the molecule is Nc1cccc(CCC(=O)OCCC(F)(F)F)c1. The van der Waals surface area contributed by atoms with E-state index in [0.717, 1.165) is 5.56 Å². The Morgan fingerprint density at radius 1 is 1.33 bits per heavy atom. The van der Waals surface area contributed by atoms with E-state index in [0.29, 0.717) is 12.1 Å². The monoisotopic (exact) mass is 261 g/mol. The highest BCUT2D eigenvalue weighted by molar-refractivity contribution is 5.69. The van der Waals surface area contributed by atoms with Gasteiger partial charge < -0.3 is 10.5 Å². The molecule has 2 N–H and O–H groups in total. The van der Waals surface area contributed by atoms with Gasteiger partial charge in [-0.15, -0.1) is 0 Å². The van der Waals surface area contributed by atoms with Gasteiger partial charge in [-0.25, -0.2) is 0 Å². The second kappa shape index (κ2) is 6.28. The molecule has 0 aromatic heterocycles. The van der Waals surface area contributed by atoms with Crippen molar-refractivity contribution in [3.05, 3.63) is 29.8 Å². The Hall–Kier alpha value is -1.72. The Morgan fingerprint density at radius 3 is 2.67 bits per heavy atom. The van der Waals surface area contributed by atoms with E-state index in [1.54, 1.807) is 24.3 Å². The minimum Gasteiger partial charge on any atom is -0.465 e. The average molecular weight is 261 g/mol. The van der Waals surface area contributed by atoms with Crippen molar-refractivity contribution < 1.29 is 22.7 Å². The molecule has 3 nitrogen and oxygen atoms in total. The topological polar surface area (TPSA) is 52.3 Å². The van der Waals surface area contributed by atoms with E-state index in [4.69, 9.17) is 5.73 Å². The van der Waals surface area contributed by atoms with Crippen LogP contribution in [0.1, 0.15) is 18.4 Å². The van der Waals surface area contributed by atoms with E-state index in [9.17, 15) is 18.0 Å². The number of carbonyl (C=O) groups is 1. The first kappa shape index (κ1) is 14.3. The third-order valence-corrected chi connectivity index (χ3v) is 2.22. The predicted molar refractivity (Wildman–Crippen MR) is 60.8 cm³/mol. The number of benzene rings is 1. The second-order valence-electron chi connectivity index (χ2n) is 3.83. The van der Waals surface area contributed by atoms with Crippen LogP contribution in [-0.2, 0) is 16.0 Å². The first-order valence-electron chi connectivity index (χ1n) is 5.43. The van der Waals surface area contributed by atoms with Crippen molar-refractivity contribution in [3.63, 3.8) is 0 Å². The molecule has 0 saturated heterocycles. The lowest BCUT2D eigenvalue weighted by Gasteiger charge is -2.07. The largest absolute Gasteiger partial charge is 0.465 e.